The Hall–Kier alpha value is -3.32. The zero-order valence-electron chi connectivity index (χ0n) is 15.6. The zero-order chi connectivity index (χ0) is 19.8. The lowest BCUT2D eigenvalue weighted by atomic mass is 10.0. The van der Waals surface area contributed by atoms with Crippen molar-refractivity contribution in [2.45, 2.75) is 13.0 Å². The van der Waals surface area contributed by atoms with Crippen molar-refractivity contribution in [3.63, 3.8) is 0 Å². The van der Waals surface area contributed by atoms with Gasteiger partial charge in [0, 0.05) is 32.4 Å². The number of carbonyl (C=O) groups is 1. The van der Waals surface area contributed by atoms with Crippen LogP contribution in [-0.4, -0.2) is 53.7 Å². The maximum atomic E-state index is 10.9. The van der Waals surface area contributed by atoms with Crippen LogP contribution in [0.2, 0.25) is 0 Å². The summed E-state index contributed by atoms with van der Waals surface area (Å²) in [5.41, 5.74) is 3.61. The Kier molecular flexibility index (Phi) is 6.64. The van der Waals surface area contributed by atoms with Gasteiger partial charge >= 0.3 is 5.97 Å². The second-order valence-corrected chi connectivity index (χ2v) is 6.51. The van der Waals surface area contributed by atoms with Gasteiger partial charge in [0.1, 0.15) is 12.2 Å². The lowest BCUT2D eigenvalue weighted by Crippen LogP contribution is -2.32. The molecule has 2 heterocycles. The van der Waals surface area contributed by atoms with Gasteiger partial charge in [-0.05, 0) is 36.4 Å². The summed E-state index contributed by atoms with van der Waals surface area (Å²) in [6.07, 6.45) is 3.71. The highest BCUT2D eigenvalue weighted by molar-refractivity contribution is 5.87. The number of nitrogens with one attached hydrogen (secondary N) is 1. The van der Waals surface area contributed by atoms with E-state index in [-0.39, 0.29) is 5.56 Å². The molecule has 0 saturated carbocycles. The van der Waals surface area contributed by atoms with Crippen LogP contribution in [0.1, 0.15) is 22.3 Å². The first kappa shape index (κ1) is 19.4. The molecule has 1 aliphatic heterocycles. The second-order valence-electron chi connectivity index (χ2n) is 6.51. The Balaban J connectivity index is 1.67. The fourth-order valence-corrected chi connectivity index (χ4v) is 3.07. The van der Waals surface area contributed by atoms with E-state index >= 15 is 0 Å². The van der Waals surface area contributed by atoms with Crippen LogP contribution in [-0.2, 0) is 6.54 Å². The van der Waals surface area contributed by atoms with Gasteiger partial charge in [0.2, 0.25) is 0 Å². The Morgan fingerprint density at radius 2 is 2.11 bits per heavy atom. The first-order chi connectivity index (χ1) is 13.7. The molecule has 2 N–H and O–H groups in total. The van der Waals surface area contributed by atoms with Crippen LogP contribution in [0.4, 0.5) is 5.82 Å². The molecule has 2 aromatic rings. The number of benzene rings is 1. The lowest BCUT2D eigenvalue weighted by Gasteiger charge is -2.29. The molecular formula is C21H23N5O2. The number of aliphatic imine (C=N–C) groups is 2. The molecule has 0 saturated heterocycles. The molecule has 0 fully saturated rings. The molecular weight excluding hydrogens is 354 g/mol. The summed E-state index contributed by atoms with van der Waals surface area (Å²) >= 11 is 0. The van der Waals surface area contributed by atoms with Gasteiger partial charge < -0.3 is 10.4 Å². The SMILES string of the molecule is C=NC=NC1=C(CNc2ccc(C(=O)O)cn2)CCN(Cc2ccccc2)C1. The molecule has 1 aromatic carbocycles. The van der Waals surface area contributed by atoms with Gasteiger partial charge in [-0.15, -0.1) is 0 Å². The molecule has 1 aromatic heterocycles. The van der Waals surface area contributed by atoms with Crippen molar-refractivity contribution in [3.8, 4) is 0 Å². The van der Waals surface area contributed by atoms with Gasteiger partial charge in [0.15, 0.2) is 0 Å². The number of aromatic carboxylic acids is 1. The fourth-order valence-electron chi connectivity index (χ4n) is 3.07. The standard InChI is InChI=1S/C21H23N5O2/c1-22-15-25-19-14-26(13-16-5-3-2-4-6-16)10-9-17(19)11-23-20-8-7-18(12-24-20)21(27)28/h2-8,12,15H,1,9-11,13-14H2,(H,23,24)(H,27,28). The van der Waals surface area contributed by atoms with Crippen molar-refractivity contribution in [2.24, 2.45) is 9.98 Å². The van der Waals surface area contributed by atoms with E-state index in [1.165, 1.54) is 29.7 Å². The number of carboxylic acid groups (broad SMARTS) is 1. The molecule has 0 bridgehead atoms. The summed E-state index contributed by atoms with van der Waals surface area (Å²) in [5.74, 6) is -0.351. The molecule has 7 heteroatoms. The summed E-state index contributed by atoms with van der Waals surface area (Å²) in [7, 11) is 0. The summed E-state index contributed by atoms with van der Waals surface area (Å²) in [6.45, 7) is 6.62. The number of hydrogen-bond acceptors (Lipinski definition) is 5. The number of rotatable bonds is 8. The summed E-state index contributed by atoms with van der Waals surface area (Å²) in [4.78, 5) is 25.6. The number of aromatic nitrogens is 1. The quantitative estimate of drug-likeness (QED) is 0.545. The molecule has 0 aliphatic carbocycles. The summed E-state index contributed by atoms with van der Waals surface area (Å²) in [6, 6.07) is 13.6. The molecule has 144 valence electrons. The number of pyridine rings is 1. The van der Waals surface area contributed by atoms with E-state index in [0.717, 1.165) is 31.8 Å². The molecule has 0 spiro atoms. The molecule has 7 nitrogen and oxygen atoms in total. The molecule has 0 atom stereocenters. The predicted molar refractivity (Wildman–Crippen MR) is 111 cm³/mol. The molecule has 1 aliphatic rings. The van der Waals surface area contributed by atoms with E-state index in [1.807, 2.05) is 18.2 Å². The van der Waals surface area contributed by atoms with Crippen molar-refractivity contribution >= 4 is 24.8 Å². The average molecular weight is 377 g/mol. The van der Waals surface area contributed by atoms with Crippen LogP contribution in [0.25, 0.3) is 0 Å². The van der Waals surface area contributed by atoms with E-state index in [0.29, 0.717) is 12.4 Å². The zero-order valence-corrected chi connectivity index (χ0v) is 15.6. The minimum Gasteiger partial charge on any atom is -0.478 e. The van der Waals surface area contributed by atoms with Crippen molar-refractivity contribution in [2.75, 3.05) is 25.0 Å². The third kappa shape index (κ3) is 5.34. The predicted octanol–water partition coefficient (Wildman–Crippen LogP) is 3.08. The Morgan fingerprint density at radius 3 is 2.79 bits per heavy atom. The first-order valence-corrected chi connectivity index (χ1v) is 9.04. The topological polar surface area (TPSA) is 90.2 Å². The van der Waals surface area contributed by atoms with Crippen molar-refractivity contribution in [3.05, 3.63) is 71.1 Å². The maximum Gasteiger partial charge on any atom is 0.337 e. The molecule has 0 unspecified atom stereocenters. The molecule has 3 rings (SSSR count). The normalized spacial score (nSPS) is 15.0. The first-order valence-electron chi connectivity index (χ1n) is 9.04. The van der Waals surface area contributed by atoms with E-state index in [2.05, 4.69) is 44.0 Å². The summed E-state index contributed by atoms with van der Waals surface area (Å²) < 4.78 is 0. The number of hydrogen-bond donors (Lipinski definition) is 2. The number of anilines is 1. The number of nitrogens with zero attached hydrogens (tertiary/aromatic N) is 4. The number of carboxylic acids is 1. The lowest BCUT2D eigenvalue weighted by molar-refractivity contribution is 0.0696. The Morgan fingerprint density at radius 1 is 1.29 bits per heavy atom. The van der Waals surface area contributed by atoms with Gasteiger partial charge in [-0.25, -0.2) is 14.8 Å². The van der Waals surface area contributed by atoms with Crippen molar-refractivity contribution < 1.29 is 9.90 Å². The highest BCUT2D eigenvalue weighted by Crippen LogP contribution is 2.21. The van der Waals surface area contributed by atoms with Crippen LogP contribution in [0.15, 0.2) is 69.9 Å². The molecule has 0 radical (unpaired) electrons. The molecule has 0 amide bonds. The highest BCUT2D eigenvalue weighted by atomic mass is 16.4. The van der Waals surface area contributed by atoms with E-state index in [1.54, 1.807) is 6.07 Å². The van der Waals surface area contributed by atoms with Gasteiger partial charge in [0.25, 0.3) is 0 Å². The monoisotopic (exact) mass is 377 g/mol. The van der Waals surface area contributed by atoms with E-state index in [4.69, 9.17) is 5.11 Å². The van der Waals surface area contributed by atoms with Crippen molar-refractivity contribution in [1.29, 1.82) is 0 Å². The highest BCUT2D eigenvalue weighted by Gasteiger charge is 2.19. The third-order valence-electron chi connectivity index (χ3n) is 4.55. The smallest absolute Gasteiger partial charge is 0.337 e. The van der Waals surface area contributed by atoms with Crippen LogP contribution in [0.3, 0.4) is 0 Å². The minimum atomic E-state index is -0.985. The van der Waals surface area contributed by atoms with Crippen LogP contribution in [0, 0.1) is 0 Å². The average Bonchev–Trinajstić information content (AvgIpc) is 2.72. The summed E-state index contributed by atoms with van der Waals surface area (Å²) in [5, 5.41) is 12.2. The molecule has 28 heavy (non-hydrogen) atoms. The maximum absolute atomic E-state index is 10.9. The second kappa shape index (κ2) is 9.57. The fraction of sp³-hybridized carbons (Fsp3) is 0.238. The van der Waals surface area contributed by atoms with Crippen LogP contribution in [0.5, 0.6) is 0 Å². The van der Waals surface area contributed by atoms with Gasteiger partial charge in [-0.3, -0.25) is 9.89 Å². The van der Waals surface area contributed by atoms with Crippen LogP contribution < -0.4 is 5.32 Å². The Labute approximate surface area is 164 Å². The van der Waals surface area contributed by atoms with Crippen molar-refractivity contribution in [1.82, 2.24) is 9.88 Å². The third-order valence-corrected chi connectivity index (χ3v) is 4.55. The van der Waals surface area contributed by atoms with E-state index < -0.39 is 5.97 Å². The van der Waals surface area contributed by atoms with Gasteiger partial charge in [-0.1, -0.05) is 30.3 Å². The minimum absolute atomic E-state index is 0.168. The largest absolute Gasteiger partial charge is 0.478 e. The van der Waals surface area contributed by atoms with E-state index in [9.17, 15) is 4.79 Å². The van der Waals surface area contributed by atoms with Gasteiger partial charge in [-0.2, -0.15) is 0 Å². The van der Waals surface area contributed by atoms with Crippen LogP contribution >= 0.6 is 0 Å². The Bertz CT molecular complexity index is 875. The van der Waals surface area contributed by atoms with Gasteiger partial charge in [0.05, 0.1) is 11.3 Å².